The Labute approximate surface area is 112 Å². The largest absolute Gasteiger partial charge is 0.389 e. The van der Waals surface area contributed by atoms with Crippen molar-refractivity contribution < 1.29 is 18.6 Å². The summed E-state index contributed by atoms with van der Waals surface area (Å²) in [5.74, 6) is -1.40. The standard InChI is InChI=1S/C15H20F2O2/c1-10(2)14-9-15(18,5-6-19-14)8-11-3-4-12(16)13(17)7-11/h3-4,7,10,14,18H,5-6,8-9H2,1-2H3. The minimum absolute atomic E-state index is 0.0176. The molecule has 2 atom stereocenters. The molecule has 1 aromatic rings. The molecule has 0 spiro atoms. The van der Waals surface area contributed by atoms with E-state index in [1.54, 1.807) is 0 Å². The van der Waals surface area contributed by atoms with Crippen molar-refractivity contribution in [3.8, 4) is 0 Å². The third-order valence-electron chi connectivity index (χ3n) is 3.74. The highest BCUT2D eigenvalue weighted by Crippen LogP contribution is 2.31. The zero-order chi connectivity index (χ0) is 14.0. The molecule has 1 aliphatic heterocycles. The summed E-state index contributed by atoms with van der Waals surface area (Å²) in [6, 6.07) is 3.79. The number of benzene rings is 1. The van der Waals surface area contributed by atoms with Gasteiger partial charge in [-0.15, -0.1) is 0 Å². The average molecular weight is 270 g/mol. The lowest BCUT2D eigenvalue weighted by Gasteiger charge is -2.38. The van der Waals surface area contributed by atoms with Crippen molar-refractivity contribution in [3.63, 3.8) is 0 Å². The molecule has 1 aromatic carbocycles. The van der Waals surface area contributed by atoms with E-state index in [4.69, 9.17) is 4.74 Å². The molecule has 19 heavy (non-hydrogen) atoms. The molecule has 0 bridgehead atoms. The third-order valence-corrected chi connectivity index (χ3v) is 3.74. The Balaban J connectivity index is 2.09. The maximum Gasteiger partial charge on any atom is 0.159 e. The van der Waals surface area contributed by atoms with Gasteiger partial charge >= 0.3 is 0 Å². The molecule has 0 radical (unpaired) electrons. The van der Waals surface area contributed by atoms with Crippen molar-refractivity contribution in [1.82, 2.24) is 0 Å². The van der Waals surface area contributed by atoms with Gasteiger partial charge in [0.25, 0.3) is 0 Å². The lowest BCUT2D eigenvalue weighted by molar-refractivity contribution is -0.116. The first-order valence-electron chi connectivity index (χ1n) is 6.67. The van der Waals surface area contributed by atoms with Gasteiger partial charge in [0.2, 0.25) is 0 Å². The van der Waals surface area contributed by atoms with Crippen LogP contribution in [0.15, 0.2) is 18.2 Å². The first kappa shape index (κ1) is 14.4. The van der Waals surface area contributed by atoms with Crippen LogP contribution in [0.25, 0.3) is 0 Å². The molecule has 2 nitrogen and oxygen atoms in total. The summed E-state index contributed by atoms with van der Waals surface area (Å²) in [7, 11) is 0. The maximum absolute atomic E-state index is 13.2. The highest BCUT2D eigenvalue weighted by Gasteiger charge is 2.36. The number of halogens is 2. The quantitative estimate of drug-likeness (QED) is 0.914. The second-order valence-corrected chi connectivity index (χ2v) is 5.76. The molecule has 1 fully saturated rings. The maximum atomic E-state index is 13.2. The van der Waals surface area contributed by atoms with Gasteiger partial charge < -0.3 is 9.84 Å². The molecule has 0 saturated carbocycles. The van der Waals surface area contributed by atoms with Crippen molar-refractivity contribution >= 4 is 0 Å². The van der Waals surface area contributed by atoms with Gasteiger partial charge in [-0.3, -0.25) is 0 Å². The minimum Gasteiger partial charge on any atom is -0.389 e. The van der Waals surface area contributed by atoms with Gasteiger partial charge in [-0.05, 0) is 30.0 Å². The Morgan fingerprint density at radius 3 is 2.74 bits per heavy atom. The zero-order valence-electron chi connectivity index (χ0n) is 11.3. The summed E-state index contributed by atoms with van der Waals surface area (Å²) in [5.41, 5.74) is -0.275. The normalized spacial score (nSPS) is 27.8. The van der Waals surface area contributed by atoms with E-state index in [2.05, 4.69) is 0 Å². The van der Waals surface area contributed by atoms with Crippen LogP contribution in [-0.2, 0) is 11.2 Å². The van der Waals surface area contributed by atoms with E-state index in [1.807, 2.05) is 13.8 Å². The molecule has 0 aromatic heterocycles. The Bertz CT molecular complexity index is 448. The summed E-state index contributed by atoms with van der Waals surface area (Å²) in [6.45, 7) is 4.60. The van der Waals surface area contributed by atoms with Gasteiger partial charge in [0.05, 0.1) is 11.7 Å². The van der Waals surface area contributed by atoms with Gasteiger partial charge in [0.1, 0.15) is 0 Å². The van der Waals surface area contributed by atoms with Crippen LogP contribution in [0, 0.1) is 17.6 Å². The van der Waals surface area contributed by atoms with Crippen LogP contribution < -0.4 is 0 Å². The first-order valence-corrected chi connectivity index (χ1v) is 6.67. The molecule has 106 valence electrons. The molecule has 0 aliphatic carbocycles. The number of hydrogen-bond donors (Lipinski definition) is 1. The van der Waals surface area contributed by atoms with E-state index in [0.29, 0.717) is 37.4 Å². The van der Waals surface area contributed by atoms with Crippen LogP contribution >= 0.6 is 0 Å². The van der Waals surface area contributed by atoms with E-state index >= 15 is 0 Å². The molecule has 2 unspecified atom stereocenters. The number of ether oxygens (including phenoxy) is 1. The zero-order valence-corrected chi connectivity index (χ0v) is 11.3. The van der Waals surface area contributed by atoms with Crippen molar-refractivity contribution in [2.75, 3.05) is 6.61 Å². The molecule has 1 heterocycles. The van der Waals surface area contributed by atoms with Crippen LogP contribution in [0.1, 0.15) is 32.3 Å². The topological polar surface area (TPSA) is 29.5 Å². The van der Waals surface area contributed by atoms with E-state index in [0.717, 1.165) is 12.1 Å². The number of aliphatic hydroxyl groups is 1. The monoisotopic (exact) mass is 270 g/mol. The molecular weight excluding hydrogens is 250 g/mol. The summed E-state index contributed by atoms with van der Waals surface area (Å²) in [5, 5.41) is 10.6. The van der Waals surface area contributed by atoms with Crippen LogP contribution in [0.2, 0.25) is 0 Å². The fourth-order valence-corrected chi connectivity index (χ4v) is 2.55. The van der Waals surface area contributed by atoms with Crippen molar-refractivity contribution in [3.05, 3.63) is 35.4 Å². The SMILES string of the molecule is CC(C)C1CC(O)(Cc2ccc(F)c(F)c2)CCO1. The van der Waals surface area contributed by atoms with Gasteiger partial charge in [-0.2, -0.15) is 0 Å². The lowest BCUT2D eigenvalue weighted by Crippen LogP contribution is -2.44. The predicted molar refractivity (Wildman–Crippen MR) is 68.8 cm³/mol. The van der Waals surface area contributed by atoms with Gasteiger partial charge in [0.15, 0.2) is 11.6 Å². The smallest absolute Gasteiger partial charge is 0.159 e. The molecule has 2 rings (SSSR count). The van der Waals surface area contributed by atoms with E-state index in [1.165, 1.54) is 6.07 Å². The molecular formula is C15H20F2O2. The number of hydrogen-bond acceptors (Lipinski definition) is 2. The Hall–Kier alpha value is -1.00. The predicted octanol–water partition coefficient (Wildman–Crippen LogP) is 3.07. The third kappa shape index (κ3) is 3.51. The fourth-order valence-electron chi connectivity index (χ4n) is 2.55. The van der Waals surface area contributed by atoms with Crippen molar-refractivity contribution in [1.29, 1.82) is 0 Å². The highest BCUT2D eigenvalue weighted by atomic mass is 19.2. The Kier molecular flexibility index (Phi) is 4.21. The summed E-state index contributed by atoms with van der Waals surface area (Å²) < 4.78 is 31.7. The number of rotatable bonds is 3. The molecule has 1 N–H and O–H groups in total. The molecule has 0 amide bonds. The van der Waals surface area contributed by atoms with Crippen LogP contribution in [0.3, 0.4) is 0 Å². The highest BCUT2D eigenvalue weighted by molar-refractivity contribution is 5.20. The molecule has 1 aliphatic rings. The van der Waals surface area contributed by atoms with Crippen LogP contribution in [0.4, 0.5) is 8.78 Å². The average Bonchev–Trinajstić information content (AvgIpc) is 2.33. The van der Waals surface area contributed by atoms with Crippen molar-refractivity contribution in [2.45, 2.75) is 44.8 Å². The van der Waals surface area contributed by atoms with Gasteiger partial charge in [-0.1, -0.05) is 19.9 Å². The van der Waals surface area contributed by atoms with Gasteiger partial charge in [-0.25, -0.2) is 8.78 Å². The van der Waals surface area contributed by atoms with E-state index in [-0.39, 0.29) is 6.10 Å². The van der Waals surface area contributed by atoms with Gasteiger partial charge in [0, 0.05) is 19.4 Å². The fraction of sp³-hybridized carbons (Fsp3) is 0.600. The molecule has 4 heteroatoms. The minimum atomic E-state index is -0.891. The summed E-state index contributed by atoms with van der Waals surface area (Å²) >= 11 is 0. The Morgan fingerprint density at radius 1 is 1.37 bits per heavy atom. The first-order chi connectivity index (χ1) is 8.89. The molecule has 1 saturated heterocycles. The van der Waals surface area contributed by atoms with E-state index < -0.39 is 17.2 Å². The van der Waals surface area contributed by atoms with Crippen LogP contribution in [-0.4, -0.2) is 23.4 Å². The van der Waals surface area contributed by atoms with E-state index in [9.17, 15) is 13.9 Å². The summed E-state index contributed by atoms with van der Waals surface area (Å²) in [6.07, 6.45) is 1.40. The lowest BCUT2D eigenvalue weighted by atomic mass is 9.82. The second-order valence-electron chi connectivity index (χ2n) is 5.76. The van der Waals surface area contributed by atoms with Crippen LogP contribution in [0.5, 0.6) is 0 Å². The summed E-state index contributed by atoms with van der Waals surface area (Å²) in [4.78, 5) is 0. The van der Waals surface area contributed by atoms with Crippen molar-refractivity contribution in [2.24, 2.45) is 5.92 Å². The second kappa shape index (κ2) is 5.55. The Morgan fingerprint density at radius 2 is 2.11 bits per heavy atom.